The summed E-state index contributed by atoms with van der Waals surface area (Å²) in [4.78, 5) is 12.9. The summed E-state index contributed by atoms with van der Waals surface area (Å²) >= 11 is 0. The van der Waals surface area contributed by atoms with Gasteiger partial charge in [0.1, 0.15) is 12.4 Å². The van der Waals surface area contributed by atoms with Gasteiger partial charge in [0.15, 0.2) is 0 Å². The molecule has 86 valence electrons. The maximum absolute atomic E-state index is 13.5. The fraction of sp³-hybridized carbons (Fsp3) is 0.417. The minimum Gasteiger partial charge on any atom is -0.447 e. The van der Waals surface area contributed by atoms with Crippen molar-refractivity contribution in [3.05, 3.63) is 29.6 Å². The van der Waals surface area contributed by atoms with Crippen molar-refractivity contribution < 1.29 is 13.9 Å². The first kappa shape index (κ1) is 10.9. The lowest BCUT2D eigenvalue weighted by molar-refractivity contribution is 0.181. The van der Waals surface area contributed by atoms with Crippen LogP contribution in [-0.4, -0.2) is 19.2 Å². The molecule has 0 aromatic heterocycles. The number of cyclic esters (lactones) is 1. The molecule has 1 aliphatic heterocycles. The van der Waals surface area contributed by atoms with E-state index in [4.69, 9.17) is 4.74 Å². The summed E-state index contributed by atoms with van der Waals surface area (Å²) in [7, 11) is 0. The third-order valence-electron chi connectivity index (χ3n) is 2.67. The summed E-state index contributed by atoms with van der Waals surface area (Å²) in [6.07, 6.45) is -0.360. The van der Waals surface area contributed by atoms with Crippen molar-refractivity contribution in [2.45, 2.75) is 19.8 Å². The number of ether oxygens (including phenoxy) is 1. The second kappa shape index (κ2) is 4.12. The van der Waals surface area contributed by atoms with E-state index in [9.17, 15) is 9.18 Å². The van der Waals surface area contributed by atoms with Crippen molar-refractivity contribution in [1.29, 1.82) is 0 Å². The number of carbonyl (C=O) groups excluding carboxylic acids is 1. The van der Waals surface area contributed by atoms with E-state index in [1.54, 1.807) is 12.1 Å². The second-order valence-electron chi connectivity index (χ2n) is 4.13. The molecule has 0 radical (unpaired) electrons. The van der Waals surface area contributed by atoms with Crippen LogP contribution in [-0.2, 0) is 4.74 Å². The molecule has 3 nitrogen and oxygen atoms in total. The van der Waals surface area contributed by atoms with Crippen LogP contribution in [0.4, 0.5) is 14.9 Å². The van der Waals surface area contributed by atoms with Gasteiger partial charge in [0.2, 0.25) is 0 Å². The number of benzene rings is 1. The quantitative estimate of drug-likeness (QED) is 0.771. The Morgan fingerprint density at radius 1 is 1.44 bits per heavy atom. The average molecular weight is 223 g/mol. The third kappa shape index (κ3) is 1.87. The average Bonchev–Trinajstić information content (AvgIpc) is 2.65. The van der Waals surface area contributed by atoms with Crippen molar-refractivity contribution in [1.82, 2.24) is 0 Å². The van der Waals surface area contributed by atoms with Gasteiger partial charge in [-0.1, -0.05) is 13.8 Å². The highest BCUT2D eigenvalue weighted by molar-refractivity contribution is 5.89. The van der Waals surface area contributed by atoms with Gasteiger partial charge < -0.3 is 4.74 Å². The van der Waals surface area contributed by atoms with Crippen LogP contribution in [0.2, 0.25) is 0 Å². The zero-order chi connectivity index (χ0) is 11.7. The molecule has 0 aliphatic carbocycles. The van der Waals surface area contributed by atoms with E-state index in [-0.39, 0.29) is 17.8 Å². The van der Waals surface area contributed by atoms with Crippen molar-refractivity contribution in [3.8, 4) is 0 Å². The molecule has 1 aromatic carbocycles. The summed E-state index contributed by atoms with van der Waals surface area (Å²) < 4.78 is 18.3. The first-order valence-electron chi connectivity index (χ1n) is 5.33. The zero-order valence-electron chi connectivity index (χ0n) is 9.37. The molecule has 0 atom stereocenters. The molecular formula is C12H14FNO2. The first-order chi connectivity index (χ1) is 7.59. The van der Waals surface area contributed by atoms with Crippen molar-refractivity contribution in [2.75, 3.05) is 18.1 Å². The monoisotopic (exact) mass is 223 g/mol. The van der Waals surface area contributed by atoms with E-state index >= 15 is 0 Å². The van der Waals surface area contributed by atoms with Crippen molar-refractivity contribution in [2.24, 2.45) is 0 Å². The normalized spacial score (nSPS) is 15.8. The van der Waals surface area contributed by atoms with Gasteiger partial charge in [-0.3, -0.25) is 4.90 Å². The molecule has 2 rings (SSSR count). The molecule has 1 amide bonds. The smallest absolute Gasteiger partial charge is 0.414 e. The van der Waals surface area contributed by atoms with Gasteiger partial charge in [-0.2, -0.15) is 0 Å². The van der Waals surface area contributed by atoms with Gasteiger partial charge in [-0.15, -0.1) is 0 Å². The molecule has 1 saturated heterocycles. The van der Waals surface area contributed by atoms with Crippen LogP contribution in [0.15, 0.2) is 18.2 Å². The Morgan fingerprint density at radius 2 is 2.19 bits per heavy atom. The van der Waals surface area contributed by atoms with Gasteiger partial charge in [-0.05, 0) is 29.7 Å². The highest BCUT2D eigenvalue weighted by atomic mass is 19.1. The molecule has 0 bridgehead atoms. The summed E-state index contributed by atoms with van der Waals surface area (Å²) in [5, 5.41) is 0. The lowest BCUT2D eigenvalue weighted by atomic mass is 10.0. The largest absolute Gasteiger partial charge is 0.447 e. The molecule has 1 heterocycles. The molecule has 1 aliphatic rings. The van der Waals surface area contributed by atoms with Crippen LogP contribution >= 0.6 is 0 Å². The molecule has 0 spiro atoms. The van der Waals surface area contributed by atoms with Crippen LogP contribution in [0.5, 0.6) is 0 Å². The van der Waals surface area contributed by atoms with Gasteiger partial charge in [0, 0.05) is 5.69 Å². The molecule has 4 heteroatoms. The lowest BCUT2D eigenvalue weighted by Gasteiger charge is -2.15. The Balaban J connectivity index is 2.35. The number of rotatable bonds is 2. The fourth-order valence-electron chi connectivity index (χ4n) is 1.77. The summed E-state index contributed by atoms with van der Waals surface area (Å²) in [6, 6.07) is 4.72. The number of nitrogens with zero attached hydrogens (tertiary/aromatic N) is 1. The highest BCUT2D eigenvalue weighted by Gasteiger charge is 2.24. The topological polar surface area (TPSA) is 29.5 Å². The number of carbonyl (C=O) groups is 1. The highest BCUT2D eigenvalue weighted by Crippen LogP contribution is 2.26. The standard InChI is InChI=1S/C12H14FNO2/c1-8(2)10-7-9(3-4-11(10)13)14-5-6-16-12(14)15/h3-4,7-8H,5-6H2,1-2H3. The summed E-state index contributed by atoms with van der Waals surface area (Å²) in [5.74, 6) is -0.134. The second-order valence-corrected chi connectivity index (χ2v) is 4.13. The zero-order valence-corrected chi connectivity index (χ0v) is 9.37. The minimum absolute atomic E-state index is 0.0959. The van der Waals surface area contributed by atoms with Crippen molar-refractivity contribution in [3.63, 3.8) is 0 Å². The van der Waals surface area contributed by atoms with Gasteiger partial charge in [0.05, 0.1) is 6.54 Å². The molecule has 1 aromatic rings. The predicted molar refractivity (Wildman–Crippen MR) is 59.2 cm³/mol. The molecule has 16 heavy (non-hydrogen) atoms. The van der Waals surface area contributed by atoms with Crippen LogP contribution in [0.1, 0.15) is 25.3 Å². The minimum atomic E-state index is -0.360. The van der Waals surface area contributed by atoms with E-state index in [0.29, 0.717) is 24.4 Å². The number of anilines is 1. The molecule has 0 saturated carbocycles. The van der Waals surface area contributed by atoms with Gasteiger partial charge in [0.25, 0.3) is 0 Å². The van der Waals surface area contributed by atoms with Crippen LogP contribution in [0.3, 0.4) is 0 Å². The van der Waals surface area contributed by atoms with Crippen LogP contribution in [0, 0.1) is 5.82 Å². The molecule has 0 N–H and O–H groups in total. The fourth-order valence-corrected chi connectivity index (χ4v) is 1.77. The van der Waals surface area contributed by atoms with Crippen LogP contribution in [0.25, 0.3) is 0 Å². The molecular weight excluding hydrogens is 209 g/mol. The van der Waals surface area contributed by atoms with Gasteiger partial charge >= 0.3 is 6.09 Å². The summed E-state index contributed by atoms with van der Waals surface area (Å²) in [6.45, 7) is 4.77. The van der Waals surface area contributed by atoms with E-state index in [1.165, 1.54) is 11.0 Å². The number of hydrogen-bond donors (Lipinski definition) is 0. The van der Waals surface area contributed by atoms with E-state index in [0.717, 1.165) is 0 Å². The van der Waals surface area contributed by atoms with Gasteiger partial charge in [-0.25, -0.2) is 9.18 Å². The first-order valence-corrected chi connectivity index (χ1v) is 5.33. The van der Waals surface area contributed by atoms with E-state index < -0.39 is 0 Å². The molecule has 1 fully saturated rings. The SMILES string of the molecule is CC(C)c1cc(N2CCOC2=O)ccc1F. The van der Waals surface area contributed by atoms with E-state index in [2.05, 4.69) is 0 Å². The predicted octanol–water partition coefficient (Wildman–Crippen LogP) is 2.91. The molecule has 0 unspecified atom stereocenters. The van der Waals surface area contributed by atoms with Crippen LogP contribution < -0.4 is 4.90 Å². The Bertz CT molecular complexity index is 417. The number of halogens is 1. The van der Waals surface area contributed by atoms with Crippen molar-refractivity contribution >= 4 is 11.8 Å². The Hall–Kier alpha value is -1.58. The maximum Gasteiger partial charge on any atom is 0.414 e. The maximum atomic E-state index is 13.5. The Labute approximate surface area is 93.8 Å². The summed E-state index contributed by atoms with van der Waals surface area (Å²) in [5.41, 5.74) is 1.32. The Kier molecular flexibility index (Phi) is 2.81. The van der Waals surface area contributed by atoms with E-state index in [1.807, 2.05) is 13.8 Å². The Morgan fingerprint density at radius 3 is 2.75 bits per heavy atom. The lowest BCUT2D eigenvalue weighted by Crippen LogP contribution is -2.23. The number of amides is 1. The number of hydrogen-bond acceptors (Lipinski definition) is 2. The third-order valence-corrected chi connectivity index (χ3v) is 2.67.